The fourth-order valence-electron chi connectivity index (χ4n) is 4.05. The van der Waals surface area contributed by atoms with E-state index < -0.39 is 0 Å². The van der Waals surface area contributed by atoms with Crippen molar-refractivity contribution in [3.05, 3.63) is 61.7 Å². The fraction of sp³-hybridized carbons (Fsp3) is 0.263. The quantitative estimate of drug-likeness (QED) is 0.412. The minimum Gasteiger partial charge on any atom is -0.454 e. The molecule has 3 atom stereocenters. The number of rotatable bonds is 1. The van der Waals surface area contributed by atoms with Crippen molar-refractivity contribution in [3.8, 4) is 11.5 Å². The van der Waals surface area contributed by atoms with Gasteiger partial charge in [-0.05, 0) is 70.3 Å². The summed E-state index contributed by atoms with van der Waals surface area (Å²) in [7, 11) is 0. The van der Waals surface area contributed by atoms with E-state index >= 15 is 0 Å². The van der Waals surface area contributed by atoms with Gasteiger partial charge in [0.05, 0.1) is 6.04 Å². The molecule has 5 rings (SSSR count). The monoisotopic (exact) mass is 495 g/mol. The molecule has 0 radical (unpaired) electrons. The van der Waals surface area contributed by atoms with Crippen LogP contribution in [0.1, 0.15) is 29.5 Å². The lowest BCUT2D eigenvalue weighted by molar-refractivity contribution is 0.174. The van der Waals surface area contributed by atoms with Gasteiger partial charge in [0.1, 0.15) is 0 Å². The van der Waals surface area contributed by atoms with Crippen LogP contribution in [0.15, 0.2) is 47.0 Å². The minimum absolute atomic E-state index is 0.250. The number of allylic oxidation sites excluding steroid dienone is 2. The van der Waals surface area contributed by atoms with Gasteiger partial charge in [0.15, 0.2) is 11.5 Å². The first kappa shape index (κ1) is 15.1. The van der Waals surface area contributed by atoms with E-state index in [1.807, 2.05) is 6.07 Å². The lowest BCUT2D eigenvalue weighted by Gasteiger charge is -2.38. The van der Waals surface area contributed by atoms with Crippen LogP contribution in [0.2, 0.25) is 0 Å². The maximum absolute atomic E-state index is 5.60. The predicted molar refractivity (Wildman–Crippen MR) is 106 cm³/mol. The van der Waals surface area contributed by atoms with E-state index in [9.17, 15) is 0 Å². The molecule has 3 unspecified atom stereocenters. The second-order valence-corrected chi connectivity index (χ2v) is 8.53. The number of halogens is 2. The molecule has 2 heterocycles. The third-order valence-electron chi connectivity index (χ3n) is 5.15. The molecule has 24 heavy (non-hydrogen) atoms. The molecular formula is C19H15BrINO2. The van der Waals surface area contributed by atoms with Gasteiger partial charge in [-0.25, -0.2) is 0 Å². The zero-order valence-electron chi connectivity index (χ0n) is 12.8. The topological polar surface area (TPSA) is 30.5 Å². The van der Waals surface area contributed by atoms with Crippen LogP contribution in [-0.4, -0.2) is 6.79 Å². The van der Waals surface area contributed by atoms with E-state index in [1.54, 1.807) is 0 Å². The van der Waals surface area contributed by atoms with Crippen molar-refractivity contribution in [3.63, 3.8) is 0 Å². The van der Waals surface area contributed by atoms with Crippen molar-refractivity contribution in [2.45, 2.75) is 18.4 Å². The number of fused-ring (bicyclic) bond motifs is 4. The Morgan fingerprint density at radius 2 is 1.92 bits per heavy atom. The number of hydrogen-bond acceptors (Lipinski definition) is 3. The molecule has 2 aliphatic heterocycles. The molecule has 0 amide bonds. The maximum atomic E-state index is 5.60. The molecule has 0 spiro atoms. The van der Waals surface area contributed by atoms with E-state index in [-0.39, 0.29) is 6.04 Å². The smallest absolute Gasteiger partial charge is 0.231 e. The number of hydrogen-bond donors (Lipinski definition) is 1. The Balaban J connectivity index is 1.62. The highest BCUT2D eigenvalue weighted by Gasteiger charge is 2.39. The van der Waals surface area contributed by atoms with Crippen molar-refractivity contribution in [1.29, 1.82) is 0 Å². The summed E-state index contributed by atoms with van der Waals surface area (Å²) >= 11 is 6.11. The molecular weight excluding hydrogens is 481 g/mol. The van der Waals surface area contributed by atoms with Gasteiger partial charge in [-0.1, -0.05) is 34.1 Å². The number of ether oxygens (including phenoxy) is 2. The summed E-state index contributed by atoms with van der Waals surface area (Å²) < 4.78 is 13.4. The zero-order chi connectivity index (χ0) is 16.3. The zero-order valence-corrected chi connectivity index (χ0v) is 16.5. The highest BCUT2D eigenvalue weighted by Crippen LogP contribution is 2.52. The summed E-state index contributed by atoms with van der Waals surface area (Å²) in [5, 5.41) is 3.79. The normalized spacial score (nSPS) is 26.0. The summed E-state index contributed by atoms with van der Waals surface area (Å²) in [5.74, 6) is 2.65. The molecule has 1 aliphatic carbocycles. The van der Waals surface area contributed by atoms with Crippen molar-refractivity contribution in [2.24, 2.45) is 5.92 Å². The van der Waals surface area contributed by atoms with Crippen LogP contribution in [0.4, 0.5) is 5.69 Å². The van der Waals surface area contributed by atoms with E-state index in [0.717, 1.165) is 22.4 Å². The summed E-state index contributed by atoms with van der Waals surface area (Å²) in [6, 6.07) is 11.1. The summed E-state index contributed by atoms with van der Waals surface area (Å²) in [4.78, 5) is 0. The van der Waals surface area contributed by atoms with Crippen LogP contribution in [0.5, 0.6) is 11.5 Å². The lowest BCUT2D eigenvalue weighted by Crippen LogP contribution is -2.29. The van der Waals surface area contributed by atoms with Crippen molar-refractivity contribution < 1.29 is 9.47 Å². The molecule has 0 bridgehead atoms. The van der Waals surface area contributed by atoms with E-state index in [0.29, 0.717) is 18.6 Å². The molecule has 1 N–H and O–H groups in total. The number of benzene rings is 2. The summed E-state index contributed by atoms with van der Waals surface area (Å²) in [5.41, 5.74) is 3.88. The maximum Gasteiger partial charge on any atom is 0.231 e. The molecule has 2 aromatic carbocycles. The van der Waals surface area contributed by atoms with E-state index in [4.69, 9.17) is 9.47 Å². The molecule has 5 heteroatoms. The first-order valence-electron chi connectivity index (χ1n) is 8.02. The molecule has 0 fully saturated rings. The van der Waals surface area contributed by atoms with Crippen molar-refractivity contribution >= 4 is 44.2 Å². The van der Waals surface area contributed by atoms with Crippen molar-refractivity contribution in [2.75, 3.05) is 12.1 Å². The Labute approximate surface area is 162 Å². The van der Waals surface area contributed by atoms with Crippen LogP contribution in [0.25, 0.3) is 0 Å². The highest BCUT2D eigenvalue weighted by molar-refractivity contribution is 14.1. The molecule has 0 saturated carbocycles. The third kappa shape index (κ3) is 2.28. The Morgan fingerprint density at radius 3 is 2.79 bits per heavy atom. The Morgan fingerprint density at radius 1 is 1.08 bits per heavy atom. The first-order valence-corrected chi connectivity index (χ1v) is 9.89. The highest BCUT2D eigenvalue weighted by atomic mass is 127. The minimum atomic E-state index is 0.250. The SMILES string of the molecule is Brc1cc2c(cc1C1Nc3cc(I)ccc3C3C=CCC31)OCO2. The van der Waals surface area contributed by atoms with Crippen LogP contribution < -0.4 is 14.8 Å². The summed E-state index contributed by atoms with van der Waals surface area (Å²) in [6.07, 6.45) is 5.78. The van der Waals surface area contributed by atoms with Gasteiger partial charge in [-0.3, -0.25) is 0 Å². The Kier molecular flexibility index (Phi) is 3.56. The molecule has 0 aromatic heterocycles. The second-order valence-electron chi connectivity index (χ2n) is 6.43. The van der Waals surface area contributed by atoms with Crippen LogP contribution in [-0.2, 0) is 0 Å². The standard InChI is InChI=1S/C19H15BrINO2/c20-15-8-18-17(23-9-24-18)7-14(15)19-13-3-1-2-11(13)12-5-4-10(21)6-16(12)22-19/h1-2,4-8,11,13,19,22H,3,9H2. The fourth-order valence-corrected chi connectivity index (χ4v) is 5.11. The molecule has 2 aromatic rings. The van der Waals surface area contributed by atoms with Gasteiger partial charge in [0.2, 0.25) is 6.79 Å². The summed E-state index contributed by atoms with van der Waals surface area (Å²) in [6.45, 7) is 0.304. The average molecular weight is 496 g/mol. The third-order valence-corrected chi connectivity index (χ3v) is 6.51. The van der Waals surface area contributed by atoms with Gasteiger partial charge < -0.3 is 14.8 Å². The molecule has 3 nitrogen and oxygen atoms in total. The number of nitrogens with one attached hydrogen (secondary N) is 1. The van der Waals surface area contributed by atoms with Crippen LogP contribution >= 0.6 is 38.5 Å². The van der Waals surface area contributed by atoms with Gasteiger partial charge >= 0.3 is 0 Å². The Hall–Kier alpha value is -1.21. The van der Waals surface area contributed by atoms with E-state index in [2.05, 4.69) is 80.3 Å². The van der Waals surface area contributed by atoms with Gasteiger partial charge in [-0.15, -0.1) is 0 Å². The van der Waals surface area contributed by atoms with Crippen molar-refractivity contribution in [1.82, 2.24) is 0 Å². The first-order chi connectivity index (χ1) is 11.7. The predicted octanol–water partition coefficient (Wildman–Crippen LogP) is 5.61. The van der Waals surface area contributed by atoms with E-state index in [1.165, 1.54) is 20.4 Å². The lowest BCUT2D eigenvalue weighted by atomic mass is 9.77. The number of anilines is 1. The van der Waals surface area contributed by atoms with Gasteiger partial charge in [0, 0.05) is 19.6 Å². The van der Waals surface area contributed by atoms with Crippen LogP contribution in [0, 0.1) is 9.49 Å². The Bertz CT molecular complexity index is 867. The van der Waals surface area contributed by atoms with Crippen LogP contribution in [0.3, 0.4) is 0 Å². The van der Waals surface area contributed by atoms with Gasteiger partial charge in [0.25, 0.3) is 0 Å². The second kappa shape index (κ2) is 5.66. The van der Waals surface area contributed by atoms with Gasteiger partial charge in [-0.2, -0.15) is 0 Å². The molecule has 122 valence electrons. The molecule has 0 saturated heterocycles. The largest absolute Gasteiger partial charge is 0.454 e. The average Bonchev–Trinajstić information content (AvgIpc) is 3.21. The molecule has 3 aliphatic rings.